The summed E-state index contributed by atoms with van der Waals surface area (Å²) in [6.45, 7) is 9.46. The molecule has 0 aromatic heterocycles. The van der Waals surface area contributed by atoms with Crippen LogP contribution in [0.5, 0.6) is 0 Å². The van der Waals surface area contributed by atoms with Gasteiger partial charge in [0.25, 0.3) is 0 Å². The minimum absolute atomic E-state index is 0.0478. The molecule has 0 radical (unpaired) electrons. The summed E-state index contributed by atoms with van der Waals surface area (Å²) in [4.78, 5) is 0. The topological polar surface area (TPSA) is 9.23 Å². The third-order valence-corrected chi connectivity index (χ3v) is 1.53. The van der Waals surface area contributed by atoms with Crippen molar-refractivity contribution >= 4 is 0 Å². The fourth-order valence-corrected chi connectivity index (χ4v) is 0.907. The summed E-state index contributed by atoms with van der Waals surface area (Å²) >= 11 is 0. The van der Waals surface area contributed by atoms with Crippen molar-refractivity contribution in [1.82, 2.24) is 0 Å². The summed E-state index contributed by atoms with van der Waals surface area (Å²) in [5.41, 5.74) is 0.0478. The van der Waals surface area contributed by atoms with Crippen LogP contribution >= 0.6 is 0 Å². The first kappa shape index (κ1) is 11.0. The van der Waals surface area contributed by atoms with Crippen molar-refractivity contribution in [2.24, 2.45) is 0 Å². The molecule has 0 aliphatic carbocycles. The molecule has 0 fully saturated rings. The maximum atomic E-state index is 5.58. The third-order valence-electron chi connectivity index (χ3n) is 1.53. The molecule has 0 rings (SSSR count). The highest BCUT2D eigenvalue weighted by Gasteiger charge is 2.08. The molecule has 0 atom stereocenters. The van der Waals surface area contributed by atoms with Crippen molar-refractivity contribution in [3.8, 4) is 0 Å². The predicted octanol–water partition coefficient (Wildman–Crippen LogP) is 3.38. The average molecular weight is 158 g/mol. The molecule has 68 valence electrons. The van der Waals surface area contributed by atoms with E-state index in [2.05, 4.69) is 27.7 Å². The molecule has 1 nitrogen and oxygen atoms in total. The summed E-state index contributed by atoms with van der Waals surface area (Å²) in [7, 11) is 0. The van der Waals surface area contributed by atoms with Crippen LogP contribution in [0.15, 0.2) is 0 Å². The van der Waals surface area contributed by atoms with E-state index < -0.39 is 0 Å². The largest absolute Gasteiger partial charge is 0.376 e. The molecule has 0 spiro atoms. The number of hydrogen-bond acceptors (Lipinski definition) is 1. The van der Waals surface area contributed by atoms with E-state index in [1.54, 1.807) is 0 Å². The fraction of sp³-hybridized carbons (Fsp3) is 1.00. The lowest BCUT2D eigenvalue weighted by Gasteiger charge is -2.19. The van der Waals surface area contributed by atoms with Crippen LogP contribution in [0, 0.1) is 0 Å². The van der Waals surface area contributed by atoms with Gasteiger partial charge in [-0.2, -0.15) is 0 Å². The molecule has 0 aliphatic rings. The lowest BCUT2D eigenvalue weighted by molar-refractivity contribution is -0.00471. The van der Waals surface area contributed by atoms with Crippen LogP contribution in [0.25, 0.3) is 0 Å². The molecule has 0 aromatic carbocycles. The highest BCUT2D eigenvalue weighted by molar-refractivity contribution is 4.58. The SMILES string of the molecule is CCCCCCOC(C)(C)C. The summed E-state index contributed by atoms with van der Waals surface area (Å²) in [5, 5.41) is 0. The van der Waals surface area contributed by atoms with Gasteiger partial charge in [0.1, 0.15) is 0 Å². The van der Waals surface area contributed by atoms with Crippen LogP contribution in [0.4, 0.5) is 0 Å². The smallest absolute Gasteiger partial charge is 0.0598 e. The monoisotopic (exact) mass is 158 g/mol. The average Bonchev–Trinajstić information content (AvgIpc) is 1.85. The summed E-state index contributed by atoms with van der Waals surface area (Å²) in [5.74, 6) is 0. The number of hydrogen-bond donors (Lipinski definition) is 0. The van der Waals surface area contributed by atoms with Crippen molar-refractivity contribution in [2.45, 2.75) is 59.0 Å². The maximum absolute atomic E-state index is 5.58. The van der Waals surface area contributed by atoms with E-state index in [9.17, 15) is 0 Å². The van der Waals surface area contributed by atoms with Gasteiger partial charge in [0.2, 0.25) is 0 Å². The van der Waals surface area contributed by atoms with Gasteiger partial charge in [-0.15, -0.1) is 0 Å². The van der Waals surface area contributed by atoms with Crippen molar-refractivity contribution in [1.29, 1.82) is 0 Å². The van der Waals surface area contributed by atoms with Crippen molar-refractivity contribution in [2.75, 3.05) is 6.61 Å². The lowest BCUT2D eigenvalue weighted by atomic mass is 10.2. The van der Waals surface area contributed by atoms with E-state index >= 15 is 0 Å². The Labute approximate surface area is 71.1 Å². The molecule has 0 heterocycles. The highest BCUT2D eigenvalue weighted by atomic mass is 16.5. The van der Waals surface area contributed by atoms with Crippen molar-refractivity contribution < 1.29 is 4.74 Å². The molecule has 0 bridgehead atoms. The second kappa shape index (κ2) is 5.59. The van der Waals surface area contributed by atoms with Crippen LogP contribution in [0.3, 0.4) is 0 Å². The molecule has 1 heteroatoms. The van der Waals surface area contributed by atoms with Crippen molar-refractivity contribution in [3.63, 3.8) is 0 Å². The quantitative estimate of drug-likeness (QED) is 0.557. The summed E-state index contributed by atoms with van der Waals surface area (Å²) < 4.78 is 5.58. The Morgan fingerprint density at radius 2 is 1.64 bits per heavy atom. The van der Waals surface area contributed by atoms with Crippen LogP contribution in [0.2, 0.25) is 0 Å². The molecule has 0 N–H and O–H groups in total. The molecule has 0 saturated carbocycles. The van der Waals surface area contributed by atoms with Gasteiger partial charge in [0, 0.05) is 6.61 Å². The van der Waals surface area contributed by atoms with Gasteiger partial charge in [-0.3, -0.25) is 0 Å². The van der Waals surface area contributed by atoms with E-state index in [-0.39, 0.29) is 5.60 Å². The summed E-state index contributed by atoms with van der Waals surface area (Å²) in [6, 6.07) is 0. The van der Waals surface area contributed by atoms with Crippen LogP contribution in [-0.2, 0) is 4.74 Å². The van der Waals surface area contributed by atoms with Gasteiger partial charge >= 0.3 is 0 Å². The molecule has 0 aliphatic heterocycles. The molecular weight excluding hydrogens is 136 g/mol. The molecule has 0 aromatic rings. The van der Waals surface area contributed by atoms with Crippen LogP contribution in [0.1, 0.15) is 53.4 Å². The second-order valence-corrected chi connectivity index (χ2v) is 4.02. The fourth-order valence-electron chi connectivity index (χ4n) is 0.907. The maximum Gasteiger partial charge on any atom is 0.0598 e. The second-order valence-electron chi connectivity index (χ2n) is 4.02. The van der Waals surface area contributed by atoms with E-state index in [0.29, 0.717) is 0 Å². The Balaban J connectivity index is 3.02. The highest BCUT2D eigenvalue weighted by Crippen LogP contribution is 2.08. The van der Waals surface area contributed by atoms with Gasteiger partial charge in [-0.25, -0.2) is 0 Å². The van der Waals surface area contributed by atoms with Gasteiger partial charge in [0.15, 0.2) is 0 Å². The Kier molecular flexibility index (Phi) is 5.57. The zero-order valence-electron chi connectivity index (χ0n) is 8.44. The molecular formula is C10H22O. The number of unbranched alkanes of at least 4 members (excludes halogenated alkanes) is 3. The molecule has 0 unspecified atom stereocenters. The minimum Gasteiger partial charge on any atom is -0.376 e. The lowest BCUT2D eigenvalue weighted by Crippen LogP contribution is -2.19. The Bertz CT molecular complexity index is 81.4. The molecule has 0 saturated heterocycles. The third kappa shape index (κ3) is 9.96. The van der Waals surface area contributed by atoms with Gasteiger partial charge in [-0.1, -0.05) is 26.2 Å². The first-order valence-corrected chi connectivity index (χ1v) is 4.70. The Morgan fingerprint density at radius 3 is 2.09 bits per heavy atom. The van der Waals surface area contributed by atoms with E-state index in [1.165, 1.54) is 25.7 Å². The van der Waals surface area contributed by atoms with E-state index in [4.69, 9.17) is 4.74 Å². The van der Waals surface area contributed by atoms with Crippen LogP contribution < -0.4 is 0 Å². The minimum atomic E-state index is 0.0478. The van der Waals surface area contributed by atoms with Crippen molar-refractivity contribution in [3.05, 3.63) is 0 Å². The first-order valence-electron chi connectivity index (χ1n) is 4.70. The normalized spacial score (nSPS) is 12.0. The number of rotatable bonds is 5. The number of ether oxygens (including phenoxy) is 1. The van der Waals surface area contributed by atoms with E-state index in [1.807, 2.05) is 0 Å². The van der Waals surface area contributed by atoms with Gasteiger partial charge < -0.3 is 4.74 Å². The van der Waals surface area contributed by atoms with Gasteiger partial charge in [-0.05, 0) is 27.2 Å². The zero-order valence-corrected chi connectivity index (χ0v) is 8.44. The first-order chi connectivity index (χ1) is 5.06. The summed E-state index contributed by atoms with van der Waals surface area (Å²) in [6.07, 6.45) is 5.17. The molecule has 0 amide bonds. The standard InChI is InChI=1S/C10H22O/c1-5-6-7-8-9-11-10(2,3)4/h5-9H2,1-4H3. The molecule has 11 heavy (non-hydrogen) atoms. The Morgan fingerprint density at radius 1 is 1.00 bits per heavy atom. The zero-order chi connectivity index (χ0) is 8.74. The van der Waals surface area contributed by atoms with Crippen LogP contribution in [-0.4, -0.2) is 12.2 Å². The van der Waals surface area contributed by atoms with E-state index in [0.717, 1.165) is 6.61 Å². The van der Waals surface area contributed by atoms with Gasteiger partial charge in [0.05, 0.1) is 5.60 Å². The Hall–Kier alpha value is -0.0400. The predicted molar refractivity (Wildman–Crippen MR) is 49.8 cm³/mol.